The van der Waals surface area contributed by atoms with Gasteiger partial charge in [-0.1, -0.05) is 23.2 Å². The molecule has 106 valence electrons. The van der Waals surface area contributed by atoms with E-state index in [0.29, 0.717) is 6.07 Å². The van der Waals surface area contributed by atoms with Crippen molar-refractivity contribution in [3.8, 4) is 5.75 Å². The van der Waals surface area contributed by atoms with Gasteiger partial charge in [-0.2, -0.15) is 8.42 Å². The van der Waals surface area contributed by atoms with Crippen molar-refractivity contribution in [2.75, 3.05) is 0 Å². The average Bonchev–Trinajstić information content (AvgIpc) is 2.32. The third-order valence-electron chi connectivity index (χ3n) is 2.22. The maximum absolute atomic E-state index is 13.0. The van der Waals surface area contributed by atoms with E-state index in [1.54, 1.807) is 0 Å². The van der Waals surface area contributed by atoms with Crippen LogP contribution in [0.2, 0.25) is 10.0 Å². The number of rotatable bonds is 3. The van der Waals surface area contributed by atoms with Gasteiger partial charge in [0.05, 0.1) is 0 Å². The van der Waals surface area contributed by atoms with E-state index in [2.05, 4.69) is 4.18 Å². The van der Waals surface area contributed by atoms with Crippen LogP contribution in [0.15, 0.2) is 41.3 Å². The molecule has 8 heteroatoms. The van der Waals surface area contributed by atoms with Gasteiger partial charge in [0.2, 0.25) is 0 Å². The van der Waals surface area contributed by atoms with Crippen molar-refractivity contribution in [3.63, 3.8) is 0 Å². The third kappa shape index (κ3) is 3.39. The van der Waals surface area contributed by atoms with Crippen LogP contribution in [0.1, 0.15) is 0 Å². The molecule has 0 saturated heterocycles. The Hall–Kier alpha value is -1.37. The Labute approximate surface area is 123 Å². The normalized spacial score (nSPS) is 11.4. The molecule has 0 aliphatic rings. The van der Waals surface area contributed by atoms with Crippen LogP contribution in [-0.4, -0.2) is 8.42 Å². The second kappa shape index (κ2) is 5.55. The van der Waals surface area contributed by atoms with Crippen molar-refractivity contribution in [2.45, 2.75) is 4.90 Å². The zero-order chi connectivity index (χ0) is 14.9. The molecule has 2 rings (SSSR count). The Kier molecular flexibility index (Phi) is 4.17. The largest absolute Gasteiger partial charge is 0.379 e. The summed E-state index contributed by atoms with van der Waals surface area (Å²) in [6, 6.07) is 5.97. The number of hydrogen-bond donors (Lipinski definition) is 0. The highest BCUT2D eigenvalue weighted by molar-refractivity contribution is 7.87. The molecule has 0 amide bonds. The number of hydrogen-bond acceptors (Lipinski definition) is 3. The minimum atomic E-state index is -4.25. The third-order valence-corrected chi connectivity index (χ3v) is 3.88. The molecule has 0 atom stereocenters. The van der Waals surface area contributed by atoms with E-state index in [0.717, 1.165) is 24.3 Å². The van der Waals surface area contributed by atoms with Gasteiger partial charge in [-0.25, -0.2) is 8.78 Å². The molecule has 0 spiro atoms. The smallest absolute Gasteiger partial charge is 0.339 e. The van der Waals surface area contributed by atoms with Gasteiger partial charge in [-0.15, -0.1) is 0 Å². The summed E-state index contributed by atoms with van der Waals surface area (Å²) in [5.41, 5.74) is 0. The van der Waals surface area contributed by atoms with Crippen molar-refractivity contribution >= 4 is 33.3 Å². The van der Waals surface area contributed by atoms with Crippen molar-refractivity contribution < 1.29 is 21.4 Å². The van der Waals surface area contributed by atoms with E-state index in [1.807, 2.05) is 0 Å². The van der Waals surface area contributed by atoms with E-state index in [9.17, 15) is 17.2 Å². The minimum absolute atomic E-state index is 0.102. The first kappa shape index (κ1) is 15.0. The zero-order valence-corrected chi connectivity index (χ0v) is 11.9. The molecule has 2 aromatic carbocycles. The molecule has 0 saturated carbocycles. The summed E-state index contributed by atoms with van der Waals surface area (Å²) >= 11 is 11.4. The molecule has 0 aliphatic heterocycles. The Morgan fingerprint density at radius 2 is 1.50 bits per heavy atom. The van der Waals surface area contributed by atoms with Crippen molar-refractivity contribution in [1.29, 1.82) is 0 Å². The Balaban J connectivity index is 2.37. The van der Waals surface area contributed by atoms with Crippen LogP contribution < -0.4 is 4.18 Å². The van der Waals surface area contributed by atoms with Crippen molar-refractivity contribution in [3.05, 3.63) is 58.1 Å². The quantitative estimate of drug-likeness (QED) is 0.793. The average molecular weight is 339 g/mol. The SMILES string of the molecule is O=S(=O)(Oc1ccc(F)c(F)c1)c1cc(Cl)cc(Cl)c1. The number of benzene rings is 2. The summed E-state index contributed by atoms with van der Waals surface area (Å²) in [5.74, 6) is -2.69. The molecule has 0 fully saturated rings. The molecule has 0 bridgehead atoms. The Morgan fingerprint density at radius 1 is 0.900 bits per heavy atom. The van der Waals surface area contributed by atoms with E-state index in [4.69, 9.17) is 23.2 Å². The van der Waals surface area contributed by atoms with Gasteiger partial charge in [0.1, 0.15) is 10.6 Å². The lowest BCUT2D eigenvalue weighted by Crippen LogP contribution is -2.10. The summed E-state index contributed by atoms with van der Waals surface area (Å²) in [4.78, 5) is -0.292. The second-order valence-corrected chi connectivity index (χ2v) is 6.14. The van der Waals surface area contributed by atoms with Crippen LogP contribution in [0.5, 0.6) is 5.75 Å². The second-order valence-electron chi connectivity index (χ2n) is 3.72. The first-order chi connectivity index (χ1) is 9.28. The molecule has 0 aliphatic carbocycles. The van der Waals surface area contributed by atoms with Gasteiger partial charge < -0.3 is 4.18 Å². The highest BCUT2D eigenvalue weighted by Crippen LogP contribution is 2.25. The fourth-order valence-electron chi connectivity index (χ4n) is 1.38. The molecule has 2 aromatic rings. The van der Waals surface area contributed by atoms with Crippen LogP contribution in [0.3, 0.4) is 0 Å². The molecule has 0 aromatic heterocycles. The topological polar surface area (TPSA) is 43.4 Å². The zero-order valence-electron chi connectivity index (χ0n) is 9.61. The molecule has 0 radical (unpaired) electrons. The van der Waals surface area contributed by atoms with Crippen molar-refractivity contribution in [2.24, 2.45) is 0 Å². The van der Waals surface area contributed by atoms with E-state index in [1.165, 1.54) is 6.07 Å². The molecule has 0 N–H and O–H groups in total. The van der Waals surface area contributed by atoms with Gasteiger partial charge in [0.15, 0.2) is 11.6 Å². The lowest BCUT2D eigenvalue weighted by atomic mass is 10.3. The predicted molar refractivity (Wildman–Crippen MR) is 70.6 cm³/mol. The van der Waals surface area contributed by atoms with Crippen LogP contribution in [0.25, 0.3) is 0 Å². The minimum Gasteiger partial charge on any atom is -0.379 e. The van der Waals surface area contributed by atoms with Gasteiger partial charge in [-0.05, 0) is 30.3 Å². The van der Waals surface area contributed by atoms with Gasteiger partial charge in [0, 0.05) is 16.1 Å². The molecule has 0 heterocycles. The Morgan fingerprint density at radius 3 is 2.05 bits per heavy atom. The first-order valence-corrected chi connectivity index (χ1v) is 7.30. The lowest BCUT2D eigenvalue weighted by Gasteiger charge is -2.08. The van der Waals surface area contributed by atoms with Crippen LogP contribution in [0.4, 0.5) is 8.78 Å². The standard InChI is InChI=1S/C12H6Cl2F2O3S/c13-7-3-8(14)5-10(4-7)20(17,18)19-9-1-2-11(15)12(16)6-9/h1-6H. The van der Waals surface area contributed by atoms with E-state index in [-0.39, 0.29) is 20.7 Å². The van der Waals surface area contributed by atoms with Gasteiger partial charge >= 0.3 is 10.1 Å². The highest BCUT2D eigenvalue weighted by Gasteiger charge is 2.19. The van der Waals surface area contributed by atoms with Crippen LogP contribution in [-0.2, 0) is 10.1 Å². The fourth-order valence-corrected chi connectivity index (χ4v) is 3.03. The maximum atomic E-state index is 13.0. The predicted octanol–water partition coefficient (Wildman–Crippen LogP) is 4.04. The first-order valence-electron chi connectivity index (χ1n) is 5.13. The van der Waals surface area contributed by atoms with Crippen molar-refractivity contribution in [1.82, 2.24) is 0 Å². The summed E-state index contributed by atoms with van der Waals surface area (Å²) in [6.45, 7) is 0. The summed E-state index contributed by atoms with van der Waals surface area (Å²) in [6.07, 6.45) is 0. The summed E-state index contributed by atoms with van der Waals surface area (Å²) in [7, 11) is -4.25. The molecule has 3 nitrogen and oxygen atoms in total. The molecular weight excluding hydrogens is 333 g/mol. The Bertz CT molecular complexity index is 743. The van der Waals surface area contributed by atoms with Gasteiger partial charge in [0.25, 0.3) is 0 Å². The summed E-state index contributed by atoms with van der Waals surface area (Å²) in [5, 5.41) is 0.204. The lowest BCUT2D eigenvalue weighted by molar-refractivity contribution is 0.472. The monoisotopic (exact) mass is 338 g/mol. The molecule has 20 heavy (non-hydrogen) atoms. The number of halogens is 4. The van der Waals surface area contributed by atoms with E-state index < -0.39 is 21.8 Å². The van der Waals surface area contributed by atoms with Gasteiger partial charge in [-0.3, -0.25) is 0 Å². The highest BCUT2D eigenvalue weighted by atomic mass is 35.5. The molecule has 0 unspecified atom stereocenters. The fraction of sp³-hybridized carbons (Fsp3) is 0. The van der Waals surface area contributed by atoms with E-state index >= 15 is 0 Å². The van der Waals surface area contributed by atoms with Crippen LogP contribution >= 0.6 is 23.2 Å². The summed E-state index contributed by atoms with van der Waals surface area (Å²) < 4.78 is 54.3. The molecular formula is C12H6Cl2F2O3S. The maximum Gasteiger partial charge on any atom is 0.339 e. The van der Waals surface area contributed by atoms with Crippen LogP contribution in [0, 0.1) is 11.6 Å².